The van der Waals surface area contributed by atoms with Crippen molar-refractivity contribution in [1.29, 1.82) is 0 Å². The van der Waals surface area contributed by atoms with Crippen molar-refractivity contribution in [2.75, 3.05) is 6.54 Å². The highest BCUT2D eigenvalue weighted by Crippen LogP contribution is 2.09. The van der Waals surface area contributed by atoms with Crippen molar-refractivity contribution >= 4 is 6.29 Å². The molecule has 0 radical (unpaired) electrons. The molecule has 0 amide bonds. The number of carbonyl (C=O) groups is 1. The maximum absolute atomic E-state index is 9.50. The zero-order valence-electron chi connectivity index (χ0n) is 12.9. The molecule has 0 aliphatic rings. The highest BCUT2D eigenvalue weighted by Gasteiger charge is 1.91. The monoisotopic (exact) mass is 257 g/mol. The zero-order chi connectivity index (χ0) is 14.1. The molecule has 0 aliphatic carbocycles. The molecule has 18 heavy (non-hydrogen) atoms. The lowest BCUT2D eigenvalue weighted by Crippen LogP contribution is -1.97. The van der Waals surface area contributed by atoms with Crippen LogP contribution in [-0.4, -0.2) is 12.8 Å². The standard InChI is InChI=1S/C12H27N.C4H8O/c1-2-3-4-5-6-7-8-9-10-11-12-13;1-4(2)3-5/h2-13H2,1H3;3-4H,1-2H3. The van der Waals surface area contributed by atoms with Crippen LogP contribution in [-0.2, 0) is 4.79 Å². The van der Waals surface area contributed by atoms with Gasteiger partial charge in [0, 0.05) is 5.92 Å². The SMILES string of the molecule is CC(C)C=O.CCCCCCCCCCCCN. The Labute approximate surface area is 115 Å². The predicted molar refractivity (Wildman–Crippen MR) is 81.8 cm³/mol. The summed E-state index contributed by atoms with van der Waals surface area (Å²) in [6, 6.07) is 0. The first-order valence-electron chi connectivity index (χ1n) is 7.84. The smallest absolute Gasteiger partial charge is 0.122 e. The molecule has 0 aliphatic heterocycles. The van der Waals surface area contributed by atoms with Crippen molar-refractivity contribution in [1.82, 2.24) is 0 Å². The van der Waals surface area contributed by atoms with Crippen LogP contribution in [0.3, 0.4) is 0 Å². The Kier molecular flexibility index (Phi) is 21.0. The summed E-state index contributed by atoms with van der Waals surface area (Å²) in [7, 11) is 0. The molecule has 110 valence electrons. The molecule has 0 atom stereocenters. The molecule has 0 heterocycles. The van der Waals surface area contributed by atoms with Gasteiger partial charge in [0.2, 0.25) is 0 Å². The third-order valence-electron chi connectivity index (χ3n) is 2.83. The number of rotatable bonds is 11. The highest BCUT2D eigenvalue weighted by molar-refractivity contribution is 5.51. The summed E-state index contributed by atoms with van der Waals surface area (Å²) in [6.45, 7) is 6.85. The van der Waals surface area contributed by atoms with Crippen molar-refractivity contribution in [2.24, 2.45) is 11.7 Å². The van der Waals surface area contributed by atoms with Gasteiger partial charge in [0.15, 0.2) is 0 Å². The van der Waals surface area contributed by atoms with Crippen LogP contribution in [0.1, 0.15) is 85.0 Å². The summed E-state index contributed by atoms with van der Waals surface area (Å²) >= 11 is 0. The molecule has 0 fully saturated rings. The van der Waals surface area contributed by atoms with Crippen molar-refractivity contribution in [3.63, 3.8) is 0 Å². The lowest BCUT2D eigenvalue weighted by molar-refractivity contribution is -0.110. The first kappa shape index (κ1) is 20.0. The van der Waals surface area contributed by atoms with E-state index in [9.17, 15) is 4.79 Å². The van der Waals surface area contributed by atoms with Crippen LogP contribution in [0.5, 0.6) is 0 Å². The average Bonchev–Trinajstić information content (AvgIpc) is 2.37. The Morgan fingerprint density at radius 1 is 0.833 bits per heavy atom. The Morgan fingerprint density at radius 2 is 1.17 bits per heavy atom. The molecule has 2 N–H and O–H groups in total. The van der Waals surface area contributed by atoms with E-state index in [2.05, 4.69) is 6.92 Å². The average molecular weight is 257 g/mol. The van der Waals surface area contributed by atoms with Crippen LogP contribution in [0.2, 0.25) is 0 Å². The molecule has 0 saturated heterocycles. The molecule has 0 saturated carbocycles. The minimum Gasteiger partial charge on any atom is -0.330 e. The van der Waals surface area contributed by atoms with Gasteiger partial charge in [0.1, 0.15) is 6.29 Å². The molecule has 2 nitrogen and oxygen atoms in total. The molecule has 0 unspecified atom stereocenters. The van der Waals surface area contributed by atoms with Crippen molar-refractivity contribution in [3.05, 3.63) is 0 Å². The van der Waals surface area contributed by atoms with Crippen LogP contribution < -0.4 is 5.73 Å². The first-order chi connectivity index (χ1) is 8.68. The largest absolute Gasteiger partial charge is 0.330 e. The molecule has 0 spiro atoms. The topological polar surface area (TPSA) is 43.1 Å². The van der Waals surface area contributed by atoms with Gasteiger partial charge in [-0.3, -0.25) is 0 Å². The van der Waals surface area contributed by atoms with Crippen LogP contribution in [0.25, 0.3) is 0 Å². The van der Waals surface area contributed by atoms with E-state index < -0.39 is 0 Å². The van der Waals surface area contributed by atoms with Crippen LogP contribution in [0.15, 0.2) is 0 Å². The van der Waals surface area contributed by atoms with Crippen molar-refractivity contribution in [3.8, 4) is 0 Å². The van der Waals surface area contributed by atoms with Crippen LogP contribution in [0.4, 0.5) is 0 Å². The lowest BCUT2D eigenvalue weighted by atomic mass is 10.1. The van der Waals surface area contributed by atoms with Gasteiger partial charge in [-0.25, -0.2) is 0 Å². The molecule has 2 heteroatoms. The Bertz CT molecular complexity index is 136. The summed E-state index contributed by atoms with van der Waals surface area (Å²) in [5.41, 5.74) is 5.42. The second-order valence-corrected chi connectivity index (χ2v) is 5.35. The Balaban J connectivity index is 0. The molecule has 0 rings (SSSR count). The summed E-state index contributed by atoms with van der Waals surface area (Å²) in [5.74, 6) is 0.204. The Hall–Kier alpha value is -0.370. The summed E-state index contributed by atoms with van der Waals surface area (Å²) in [5, 5.41) is 0. The van der Waals surface area contributed by atoms with Gasteiger partial charge in [0.25, 0.3) is 0 Å². The molecular formula is C16H35NO. The third kappa shape index (κ3) is 24.7. The van der Waals surface area contributed by atoms with E-state index in [-0.39, 0.29) is 5.92 Å². The van der Waals surface area contributed by atoms with Crippen molar-refractivity contribution in [2.45, 2.75) is 85.0 Å². The molecule has 0 bridgehead atoms. The highest BCUT2D eigenvalue weighted by atomic mass is 16.1. The van der Waals surface area contributed by atoms with E-state index in [1.54, 1.807) is 0 Å². The van der Waals surface area contributed by atoms with Gasteiger partial charge >= 0.3 is 0 Å². The number of carbonyl (C=O) groups excluding carboxylic acids is 1. The molecule has 0 aromatic carbocycles. The maximum atomic E-state index is 9.50. The maximum Gasteiger partial charge on any atom is 0.122 e. The minimum absolute atomic E-state index is 0.204. The van der Waals surface area contributed by atoms with Crippen molar-refractivity contribution < 1.29 is 4.79 Å². The van der Waals surface area contributed by atoms with Gasteiger partial charge < -0.3 is 10.5 Å². The number of hydrogen-bond acceptors (Lipinski definition) is 2. The molecule has 0 aromatic rings. The minimum atomic E-state index is 0.204. The lowest BCUT2D eigenvalue weighted by Gasteiger charge is -2.00. The van der Waals surface area contributed by atoms with Crippen LogP contribution >= 0.6 is 0 Å². The number of aldehydes is 1. The third-order valence-corrected chi connectivity index (χ3v) is 2.83. The number of hydrogen-bond donors (Lipinski definition) is 1. The van der Waals surface area contributed by atoms with E-state index in [0.717, 1.165) is 12.8 Å². The Morgan fingerprint density at radius 3 is 1.44 bits per heavy atom. The fourth-order valence-electron chi connectivity index (χ4n) is 1.63. The molecule has 0 aromatic heterocycles. The normalized spacial score (nSPS) is 10.1. The van der Waals surface area contributed by atoms with E-state index >= 15 is 0 Å². The molecular weight excluding hydrogens is 222 g/mol. The number of nitrogens with two attached hydrogens (primary N) is 1. The van der Waals surface area contributed by atoms with Gasteiger partial charge in [-0.15, -0.1) is 0 Å². The fraction of sp³-hybridized carbons (Fsp3) is 0.938. The van der Waals surface area contributed by atoms with E-state index in [4.69, 9.17) is 5.73 Å². The second-order valence-electron chi connectivity index (χ2n) is 5.35. The van der Waals surface area contributed by atoms with E-state index in [1.165, 1.54) is 64.2 Å². The predicted octanol–water partition coefficient (Wildman–Crippen LogP) is 4.71. The summed E-state index contributed by atoms with van der Waals surface area (Å²) in [6.07, 6.45) is 14.9. The first-order valence-corrected chi connectivity index (χ1v) is 7.84. The fourth-order valence-corrected chi connectivity index (χ4v) is 1.63. The van der Waals surface area contributed by atoms with Gasteiger partial charge in [-0.05, 0) is 13.0 Å². The zero-order valence-corrected chi connectivity index (χ0v) is 12.9. The van der Waals surface area contributed by atoms with Crippen LogP contribution in [0, 0.1) is 5.92 Å². The van der Waals surface area contributed by atoms with E-state index in [1.807, 2.05) is 13.8 Å². The van der Waals surface area contributed by atoms with Gasteiger partial charge in [0.05, 0.1) is 0 Å². The summed E-state index contributed by atoms with van der Waals surface area (Å²) < 4.78 is 0. The number of unbranched alkanes of at least 4 members (excludes halogenated alkanes) is 9. The quantitative estimate of drug-likeness (QED) is 0.430. The second kappa shape index (κ2) is 19.0. The van der Waals surface area contributed by atoms with Gasteiger partial charge in [-0.1, -0.05) is 78.6 Å². The summed E-state index contributed by atoms with van der Waals surface area (Å²) in [4.78, 5) is 9.50. The van der Waals surface area contributed by atoms with Gasteiger partial charge in [-0.2, -0.15) is 0 Å². The van der Waals surface area contributed by atoms with E-state index in [0.29, 0.717) is 0 Å².